The molecule has 0 atom stereocenters. The largest absolute Gasteiger partial charge is 0.454 e. The molecule has 3 heterocycles. The first kappa shape index (κ1) is 19.8. The molecule has 0 amide bonds. The van der Waals surface area contributed by atoms with Crippen molar-refractivity contribution < 1.29 is 9.47 Å². The van der Waals surface area contributed by atoms with Gasteiger partial charge in [-0.2, -0.15) is 0 Å². The average Bonchev–Trinajstić information content (AvgIpc) is 3.29. The number of rotatable bonds is 8. The molecule has 0 saturated heterocycles. The third-order valence-electron chi connectivity index (χ3n) is 4.91. The van der Waals surface area contributed by atoms with Gasteiger partial charge in [0, 0.05) is 23.7 Å². The summed E-state index contributed by atoms with van der Waals surface area (Å²) in [5.41, 5.74) is 9.10. The first-order valence-corrected chi connectivity index (χ1v) is 10.8. The van der Waals surface area contributed by atoms with Gasteiger partial charge < -0.3 is 25.1 Å². The van der Waals surface area contributed by atoms with Crippen LogP contribution in [0.4, 0.5) is 5.82 Å². The summed E-state index contributed by atoms with van der Waals surface area (Å²) < 4.78 is 13.4. The third-order valence-corrected chi connectivity index (χ3v) is 6.00. The number of benzene rings is 1. The van der Waals surface area contributed by atoms with E-state index in [0.717, 1.165) is 58.5 Å². The van der Waals surface area contributed by atoms with Crippen molar-refractivity contribution >= 4 is 28.6 Å². The fraction of sp³-hybridized carbons (Fsp3) is 0.429. The molecule has 1 aliphatic rings. The van der Waals surface area contributed by atoms with Crippen molar-refractivity contribution in [2.24, 2.45) is 0 Å². The molecule has 3 aromatic rings. The standard InChI is InChI=1S/C21H27N5O2S/c1-4-14-10-16-17(28-12-27-16)11-18(14)29-21-25-19-15(6-8-24-20(19)22)26(21)9-5-7-23-13(2)3/h6,8,10-11,13,23H,4-5,7,9,12H2,1-3H3,(H2,22,24). The van der Waals surface area contributed by atoms with E-state index in [9.17, 15) is 0 Å². The zero-order valence-electron chi connectivity index (χ0n) is 17.1. The monoisotopic (exact) mass is 413 g/mol. The number of imidazole rings is 1. The van der Waals surface area contributed by atoms with E-state index < -0.39 is 0 Å². The molecule has 3 N–H and O–H groups in total. The summed E-state index contributed by atoms with van der Waals surface area (Å²) in [6.45, 7) is 8.54. The van der Waals surface area contributed by atoms with Gasteiger partial charge in [0.1, 0.15) is 5.52 Å². The lowest BCUT2D eigenvalue weighted by atomic mass is 10.1. The maximum atomic E-state index is 6.11. The molecule has 0 aliphatic carbocycles. The molecule has 0 fully saturated rings. The van der Waals surface area contributed by atoms with Gasteiger partial charge in [-0.3, -0.25) is 0 Å². The highest BCUT2D eigenvalue weighted by Crippen LogP contribution is 2.41. The number of nitrogens with zero attached hydrogens (tertiary/aromatic N) is 3. The normalized spacial score (nSPS) is 13.0. The summed E-state index contributed by atoms with van der Waals surface area (Å²) in [5.74, 6) is 2.06. The summed E-state index contributed by atoms with van der Waals surface area (Å²) in [7, 11) is 0. The van der Waals surface area contributed by atoms with Crippen molar-refractivity contribution in [2.45, 2.75) is 56.3 Å². The number of hydrogen-bond donors (Lipinski definition) is 2. The quantitative estimate of drug-likeness (QED) is 0.543. The predicted octanol–water partition coefficient (Wildman–Crippen LogP) is 3.84. The number of nitrogens with one attached hydrogen (secondary N) is 1. The Balaban J connectivity index is 1.68. The molecule has 1 aromatic carbocycles. The number of nitrogens with two attached hydrogens (primary N) is 1. The number of aryl methyl sites for hydroxylation is 2. The van der Waals surface area contributed by atoms with Crippen LogP contribution in [-0.4, -0.2) is 33.9 Å². The highest BCUT2D eigenvalue weighted by molar-refractivity contribution is 7.99. The number of fused-ring (bicyclic) bond motifs is 2. The zero-order chi connectivity index (χ0) is 20.4. The van der Waals surface area contributed by atoms with Crippen LogP contribution in [0.2, 0.25) is 0 Å². The Morgan fingerprint density at radius 3 is 2.83 bits per heavy atom. The van der Waals surface area contributed by atoms with E-state index in [4.69, 9.17) is 20.2 Å². The van der Waals surface area contributed by atoms with Crippen molar-refractivity contribution in [3.8, 4) is 11.5 Å². The maximum absolute atomic E-state index is 6.11. The van der Waals surface area contributed by atoms with E-state index >= 15 is 0 Å². The van der Waals surface area contributed by atoms with Crippen LogP contribution in [0.15, 0.2) is 34.4 Å². The average molecular weight is 414 g/mol. The molecular weight excluding hydrogens is 386 g/mol. The first-order valence-electron chi connectivity index (χ1n) is 10.0. The minimum Gasteiger partial charge on any atom is -0.454 e. The van der Waals surface area contributed by atoms with Crippen LogP contribution in [0, 0.1) is 0 Å². The molecule has 0 unspecified atom stereocenters. The van der Waals surface area contributed by atoms with Gasteiger partial charge in [0.05, 0.1) is 5.52 Å². The van der Waals surface area contributed by atoms with Gasteiger partial charge in [-0.15, -0.1) is 0 Å². The molecule has 4 rings (SSSR count). The first-order chi connectivity index (χ1) is 14.1. The number of nitrogen functional groups attached to an aromatic ring is 1. The minimum absolute atomic E-state index is 0.274. The Morgan fingerprint density at radius 1 is 1.28 bits per heavy atom. The van der Waals surface area contributed by atoms with E-state index in [0.29, 0.717) is 11.9 Å². The number of anilines is 1. The predicted molar refractivity (Wildman–Crippen MR) is 116 cm³/mol. The number of aromatic nitrogens is 3. The van der Waals surface area contributed by atoms with Crippen LogP contribution in [0.25, 0.3) is 11.0 Å². The van der Waals surface area contributed by atoms with E-state index in [2.05, 4.69) is 47.8 Å². The van der Waals surface area contributed by atoms with Crippen molar-refractivity contribution in [3.05, 3.63) is 30.0 Å². The van der Waals surface area contributed by atoms with Gasteiger partial charge in [0.25, 0.3) is 0 Å². The second kappa shape index (κ2) is 8.51. The maximum Gasteiger partial charge on any atom is 0.231 e. The molecule has 2 aromatic heterocycles. The number of pyridine rings is 1. The fourth-order valence-electron chi connectivity index (χ4n) is 3.41. The van der Waals surface area contributed by atoms with E-state index in [1.807, 2.05) is 6.07 Å². The molecule has 1 aliphatic heterocycles. The Morgan fingerprint density at radius 2 is 2.07 bits per heavy atom. The van der Waals surface area contributed by atoms with Crippen LogP contribution >= 0.6 is 11.8 Å². The van der Waals surface area contributed by atoms with Crippen LogP contribution in [0.5, 0.6) is 11.5 Å². The lowest BCUT2D eigenvalue weighted by Crippen LogP contribution is -2.24. The van der Waals surface area contributed by atoms with Crippen LogP contribution in [0.1, 0.15) is 32.8 Å². The second-order valence-corrected chi connectivity index (χ2v) is 8.35. The SMILES string of the molecule is CCc1cc2c(cc1Sc1nc3c(N)nccc3n1CCCNC(C)C)OCO2. The van der Waals surface area contributed by atoms with Gasteiger partial charge >= 0.3 is 0 Å². The van der Waals surface area contributed by atoms with Crippen LogP contribution in [0.3, 0.4) is 0 Å². The van der Waals surface area contributed by atoms with Gasteiger partial charge in [-0.25, -0.2) is 9.97 Å². The Hall–Kier alpha value is -2.45. The molecule has 7 nitrogen and oxygen atoms in total. The molecule has 0 bridgehead atoms. The van der Waals surface area contributed by atoms with Gasteiger partial charge in [0.15, 0.2) is 22.5 Å². The Bertz CT molecular complexity index is 1020. The molecule has 29 heavy (non-hydrogen) atoms. The number of ether oxygens (including phenoxy) is 2. The molecule has 0 radical (unpaired) electrons. The number of hydrogen-bond acceptors (Lipinski definition) is 7. The van der Waals surface area contributed by atoms with Crippen molar-refractivity contribution in [1.29, 1.82) is 0 Å². The van der Waals surface area contributed by atoms with Gasteiger partial charge in [-0.05, 0) is 43.1 Å². The fourth-order valence-corrected chi connectivity index (χ4v) is 4.54. The van der Waals surface area contributed by atoms with Crippen molar-refractivity contribution in [1.82, 2.24) is 19.9 Å². The molecule has 0 saturated carbocycles. The molecule has 154 valence electrons. The van der Waals surface area contributed by atoms with Crippen molar-refractivity contribution in [3.63, 3.8) is 0 Å². The van der Waals surface area contributed by atoms with Crippen LogP contribution in [-0.2, 0) is 13.0 Å². The minimum atomic E-state index is 0.274. The van der Waals surface area contributed by atoms with Gasteiger partial charge in [-0.1, -0.05) is 32.5 Å². The highest BCUT2D eigenvalue weighted by Gasteiger charge is 2.20. The van der Waals surface area contributed by atoms with Crippen LogP contribution < -0.4 is 20.5 Å². The van der Waals surface area contributed by atoms with Crippen molar-refractivity contribution in [2.75, 3.05) is 19.1 Å². The molecular formula is C21H27N5O2S. The molecule has 0 spiro atoms. The second-order valence-electron chi connectivity index (χ2n) is 7.34. The topological polar surface area (TPSA) is 87.2 Å². The summed E-state index contributed by atoms with van der Waals surface area (Å²) in [6.07, 6.45) is 3.65. The molecule has 8 heteroatoms. The lowest BCUT2D eigenvalue weighted by molar-refractivity contribution is 0.174. The third kappa shape index (κ3) is 4.13. The van der Waals surface area contributed by atoms with E-state index in [1.165, 1.54) is 5.56 Å². The Kier molecular flexibility index (Phi) is 5.82. The van der Waals surface area contributed by atoms with Gasteiger partial charge in [0.2, 0.25) is 6.79 Å². The summed E-state index contributed by atoms with van der Waals surface area (Å²) in [6, 6.07) is 6.58. The lowest BCUT2D eigenvalue weighted by Gasteiger charge is -2.13. The zero-order valence-corrected chi connectivity index (χ0v) is 17.9. The summed E-state index contributed by atoms with van der Waals surface area (Å²) >= 11 is 1.64. The van der Waals surface area contributed by atoms with E-state index in [-0.39, 0.29) is 6.79 Å². The smallest absolute Gasteiger partial charge is 0.231 e. The van der Waals surface area contributed by atoms with E-state index in [1.54, 1.807) is 18.0 Å². The summed E-state index contributed by atoms with van der Waals surface area (Å²) in [5, 5.41) is 4.39. The Labute approximate surface area is 175 Å². The highest BCUT2D eigenvalue weighted by atomic mass is 32.2. The summed E-state index contributed by atoms with van der Waals surface area (Å²) in [4.78, 5) is 10.2.